The molecule has 4 rings (SSSR count). The number of fused-ring (bicyclic) bond motifs is 1. The molecule has 0 saturated heterocycles. The van der Waals surface area contributed by atoms with E-state index >= 15 is 0 Å². The average molecular weight is 478 g/mol. The van der Waals surface area contributed by atoms with E-state index in [-0.39, 0.29) is 11.9 Å². The molecule has 1 amide bonds. The van der Waals surface area contributed by atoms with Crippen molar-refractivity contribution in [3.63, 3.8) is 0 Å². The molecule has 0 spiro atoms. The highest BCUT2D eigenvalue weighted by molar-refractivity contribution is 9.10. The van der Waals surface area contributed by atoms with Gasteiger partial charge in [0.25, 0.3) is 5.91 Å². The lowest BCUT2D eigenvalue weighted by Crippen LogP contribution is -2.40. The quantitative estimate of drug-likeness (QED) is 0.539. The Balaban J connectivity index is 1.56. The van der Waals surface area contributed by atoms with Gasteiger partial charge in [-0.1, -0.05) is 58.4 Å². The van der Waals surface area contributed by atoms with E-state index in [1.807, 2.05) is 38.4 Å². The summed E-state index contributed by atoms with van der Waals surface area (Å²) in [6.45, 7) is 2.43. The van der Waals surface area contributed by atoms with Gasteiger partial charge in [0.15, 0.2) is 0 Å². The van der Waals surface area contributed by atoms with Crippen LogP contribution in [0.5, 0.6) is 0 Å². The van der Waals surface area contributed by atoms with Crippen molar-refractivity contribution >= 4 is 27.5 Å². The van der Waals surface area contributed by atoms with Crippen LogP contribution in [-0.4, -0.2) is 38.0 Å². The lowest BCUT2D eigenvalue weighted by atomic mass is 9.96. The Morgan fingerprint density at radius 3 is 2.48 bits per heavy atom. The van der Waals surface area contributed by atoms with E-state index in [2.05, 4.69) is 79.6 Å². The van der Waals surface area contributed by atoms with E-state index in [4.69, 9.17) is 0 Å². The van der Waals surface area contributed by atoms with Crippen LogP contribution in [0, 0.1) is 0 Å². The Bertz CT molecular complexity index is 1050. The number of halogens is 1. The van der Waals surface area contributed by atoms with Gasteiger partial charge in [-0.2, -0.15) is 0 Å². The van der Waals surface area contributed by atoms with Gasteiger partial charge in [-0.05, 0) is 53.4 Å². The minimum Gasteiger partial charge on any atom is -0.378 e. The van der Waals surface area contributed by atoms with Crippen LogP contribution in [-0.2, 0) is 13.0 Å². The molecule has 1 heterocycles. The molecule has 1 N–H and O–H groups in total. The van der Waals surface area contributed by atoms with Crippen LogP contribution in [0.3, 0.4) is 0 Å². The zero-order chi connectivity index (χ0) is 21.8. The van der Waals surface area contributed by atoms with Gasteiger partial charge in [-0.15, -0.1) is 0 Å². The van der Waals surface area contributed by atoms with Crippen molar-refractivity contribution in [3.8, 4) is 0 Å². The Hall–Kier alpha value is -2.63. The molecule has 0 aromatic heterocycles. The Morgan fingerprint density at radius 2 is 1.77 bits per heavy atom. The second kappa shape index (κ2) is 9.67. The number of hydrogen-bond acceptors (Lipinski definition) is 3. The number of anilines is 1. The normalized spacial score (nSPS) is 14.5. The third kappa shape index (κ3) is 5.17. The van der Waals surface area contributed by atoms with Crippen molar-refractivity contribution in [2.45, 2.75) is 19.0 Å². The molecule has 0 unspecified atom stereocenters. The number of rotatable bonds is 6. The van der Waals surface area contributed by atoms with Crippen LogP contribution in [0.4, 0.5) is 5.69 Å². The number of carbonyl (C=O) groups is 1. The molecule has 1 aliphatic heterocycles. The van der Waals surface area contributed by atoms with Crippen molar-refractivity contribution in [2.75, 3.05) is 32.1 Å². The van der Waals surface area contributed by atoms with Gasteiger partial charge in [0.05, 0.1) is 6.04 Å². The van der Waals surface area contributed by atoms with Gasteiger partial charge in [-0.25, -0.2) is 0 Å². The lowest BCUT2D eigenvalue weighted by Gasteiger charge is -2.36. The molecule has 31 heavy (non-hydrogen) atoms. The van der Waals surface area contributed by atoms with E-state index in [1.165, 1.54) is 22.4 Å². The summed E-state index contributed by atoms with van der Waals surface area (Å²) in [6, 6.07) is 25.0. The van der Waals surface area contributed by atoms with E-state index in [9.17, 15) is 4.79 Å². The fraction of sp³-hybridized carbons (Fsp3) is 0.269. The Kier molecular flexibility index (Phi) is 6.73. The van der Waals surface area contributed by atoms with E-state index in [0.29, 0.717) is 12.1 Å². The van der Waals surface area contributed by atoms with Gasteiger partial charge >= 0.3 is 0 Å². The summed E-state index contributed by atoms with van der Waals surface area (Å²) in [5.74, 6) is -0.0476. The van der Waals surface area contributed by atoms with Gasteiger partial charge < -0.3 is 10.2 Å². The molecular formula is C26H28BrN3O. The maximum atomic E-state index is 12.8. The molecule has 5 heteroatoms. The molecule has 0 fully saturated rings. The van der Waals surface area contributed by atoms with Gasteiger partial charge in [-0.3, -0.25) is 9.69 Å². The highest BCUT2D eigenvalue weighted by Crippen LogP contribution is 2.29. The average Bonchev–Trinajstić information content (AvgIpc) is 2.79. The van der Waals surface area contributed by atoms with Crippen molar-refractivity contribution < 1.29 is 4.79 Å². The minimum absolute atomic E-state index is 0.0476. The maximum Gasteiger partial charge on any atom is 0.251 e. The largest absolute Gasteiger partial charge is 0.378 e. The number of nitrogens with one attached hydrogen (secondary N) is 1. The van der Waals surface area contributed by atoms with Crippen LogP contribution in [0.15, 0.2) is 77.3 Å². The number of nitrogens with zero attached hydrogens (tertiary/aromatic N) is 2. The van der Waals surface area contributed by atoms with Crippen LogP contribution in [0.2, 0.25) is 0 Å². The molecule has 4 nitrogen and oxygen atoms in total. The number of hydrogen-bond donors (Lipinski definition) is 1. The molecule has 1 aliphatic rings. The number of amides is 1. The van der Waals surface area contributed by atoms with Crippen LogP contribution >= 0.6 is 15.9 Å². The lowest BCUT2D eigenvalue weighted by molar-refractivity contribution is 0.0927. The summed E-state index contributed by atoms with van der Waals surface area (Å²) in [6.07, 6.45) is 1.03. The molecule has 0 radical (unpaired) electrons. The second-order valence-electron chi connectivity index (χ2n) is 8.21. The molecule has 160 valence electrons. The van der Waals surface area contributed by atoms with Gasteiger partial charge in [0, 0.05) is 49.5 Å². The molecule has 0 saturated carbocycles. The summed E-state index contributed by atoms with van der Waals surface area (Å²) in [5, 5.41) is 3.17. The molecule has 3 aromatic carbocycles. The number of carbonyl (C=O) groups excluding carboxylic acids is 1. The first kappa shape index (κ1) is 21.6. The fourth-order valence-electron chi connectivity index (χ4n) is 4.16. The molecular weight excluding hydrogens is 450 g/mol. The summed E-state index contributed by atoms with van der Waals surface area (Å²) in [4.78, 5) is 17.4. The van der Waals surface area contributed by atoms with Crippen molar-refractivity contribution in [2.24, 2.45) is 0 Å². The molecule has 1 atom stereocenters. The van der Waals surface area contributed by atoms with Crippen LogP contribution in [0.1, 0.15) is 33.1 Å². The highest BCUT2D eigenvalue weighted by atomic mass is 79.9. The van der Waals surface area contributed by atoms with E-state index in [1.54, 1.807) is 0 Å². The predicted octanol–water partition coefficient (Wildman–Crippen LogP) is 5.04. The standard InChI is InChI=1S/C26H28BrN3O/c1-29(2)24-12-10-20(11-13-24)25(17-28-26(31)21-8-5-9-23(27)16-21)30-15-14-19-6-3-4-7-22(19)18-30/h3-13,16,25H,14-15,17-18H2,1-2H3,(H,28,31)/t25-/m0/s1. The fourth-order valence-corrected chi connectivity index (χ4v) is 4.56. The maximum absolute atomic E-state index is 12.8. The topological polar surface area (TPSA) is 35.6 Å². The molecule has 0 aliphatic carbocycles. The van der Waals surface area contributed by atoms with Crippen LogP contribution < -0.4 is 10.2 Å². The van der Waals surface area contributed by atoms with Gasteiger partial charge in [0.2, 0.25) is 0 Å². The summed E-state index contributed by atoms with van der Waals surface area (Å²) in [7, 11) is 4.10. The zero-order valence-corrected chi connectivity index (χ0v) is 19.6. The smallest absolute Gasteiger partial charge is 0.251 e. The van der Waals surface area contributed by atoms with Crippen molar-refractivity contribution in [3.05, 3.63) is 99.5 Å². The summed E-state index contributed by atoms with van der Waals surface area (Å²) < 4.78 is 0.906. The molecule has 3 aromatic rings. The Morgan fingerprint density at radius 1 is 1.03 bits per heavy atom. The Labute approximate surface area is 193 Å². The zero-order valence-electron chi connectivity index (χ0n) is 18.0. The molecule has 0 bridgehead atoms. The monoisotopic (exact) mass is 477 g/mol. The minimum atomic E-state index is -0.0476. The summed E-state index contributed by atoms with van der Waals surface area (Å²) in [5.41, 5.74) is 5.87. The first-order valence-electron chi connectivity index (χ1n) is 10.6. The third-order valence-corrected chi connectivity index (χ3v) is 6.43. The van der Waals surface area contributed by atoms with Crippen molar-refractivity contribution in [1.29, 1.82) is 0 Å². The first-order valence-corrected chi connectivity index (χ1v) is 11.4. The van der Waals surface area contributed by atoms with Crippen molar-refractivity contribution in [1.82, 2.24) is 10.2 Å². The highest BCUT2D eigenvalue weighted by Gasteiger charge is 2.25. The van der Waals surface area contributed by atoms with Gasteiger partial charge in [0.1, 0.15) is 0 Å². The SMILES string of the molecule is CN(C)c1ccc([C@H](CNC(=O)c2cccc(Br)c2)N2CCc3ccccc3C2)cc1. The summed E-state index contributed by atoms with van der Waals surface area (Å²) >= 11 is 3.45. The first-order chi connectivity index (χ1) is 15.0. The third-order valence-electron chi connectivity index (χ3n) is 5.94. The van der Waals surface area contributed by atoms with Crippen LogP contribution in [0.25, 0.3) is 0 Å². The second-order valence-corrected chi connectivity index (χ2v) is 9.13. The number of benzene rings is 3. The predicted molar refractivity (Wildman–Crippen MR) is 131 cm³/mol. The van der Waals surface area contributed by atoms with E-state index in [0.717, 1.165) is 24.0 Å². The van der Waals surface area contributed by atoms with E-state index < -0.39 is 0 Å².